The molecular formula is C10H8N2O5S. The highest BCUT2D eigenvalue weighted by molar-refractivity contribution is 7.09. The Morgan fingerprint density at radius 1 is 1.22 bits per heavy atom. The highest BCUT2D eigenvalue weighted by atomic mass is 32.1. The third-order valence-electron chi connectivity index (χ3n) is 2.32. The van der Waals surface area contributed by atoms with Crippen LogP contribution in [0.3, 0.4) is 0 Å². The predicted octanol–water partition coefficient (Wildman–Crippen LogP) is 0.124. The number of amides is 4. The number of thiophene rings is 1. The normalized spacial score (nSPS) is 15.7. The second kappa shape index (κ2) is 4.57. The molecule has 0 unspecified atom stereocenters. The molecule has 7 nitrogen and oxygen atoms in total. The molecule has 0 spiro atoms. The number of imide groups is 2. The molecular weight excluding hydrogens is 260 g/mol. The minimum atomic E-state index is -1.34. The first kappa shape index (κ1) is 12.2. The van der Waals surface area contributed by atoms with E-state index in [4.69, 9.17) is 5.11 Å². The van der Waals surface area contributed by atoms with Crippen LogP contribution in [-0.2, 0) is 20.9 Å². The van der Waals surface area contributed by atoms with Crippen molar-refractivity contribution in [2.75, 3.05) is 6.54 Å². The zero-order valence-corrected chi connectivity index (χ0v) is 9.85. The van der Waals surface area contributed by atoms with Gasteiger partial charge in [-0.05, 0) is 11.4 Å². The van der Waals surface area contributed by atoms with Gasteiger partial charge in [0.05, 0.1) is 6.54 Å². The van der Waals surface area contributed by atoms with E-state index in [1.54, 1.807) is 17.5 Å². The topological polar surface area (TPSA) is 95.0 Å². The van der Waals surface area contributed by atoms with Crippen molar-refractivity contribution in [2.24, 2.45) is 0 Å². The number of hydrogen-bond donors (Lipinski definition) is 1. The summed E-state index contributed by atoms with van der Waals surface area (Å²) in [6.45, 7) is -0.818. The third-order valence-corrected chi connectivity index (χ3v) is 3.18. The standard InChI is InChI=1S/C10H8N2O5S/c13-7(14)5-12-9(16)8(15)11(10(12)17)4-6-2-1-3-18-6/h1-3H,4-5H2,(H,13,14). The first-order valence-corrected chi connectivity index (χ1v) is 5.80. The monoisotopic (exact) mass is 268 g/mol. The van der Waals surface area contributed by atoms with Crippen LogP contribution in [0.15, 0.2) is 17.5 Å². The molecule has 0 saturated carbocycles. The van der Waals surface area contributed by atoms with Gasteiger partial charge in [-0.2, -0.15) is 0 Å². The summed E-state index contributed by atoms with van der Waals surface area (Å²) in [7, 11) is 0. The third kappa shape index (κ3) is 2.09. The van der Waals surface area contributed by atoms with E-state index in [2.05, 4.69) is 0 Å². The van der Waals surface area contributed by atoms with Gasteiger partial charge in [-0.3, -0.25) is 19.3 Å². The van der Waals surface area contributed by atoms with E-state index >= 15 is 0 Å². The number of carboxylic acid groups (broad SMARTS) is 1. The van der Waals surface area contributed by atoms with Crippen molar-refractivity contribution < 1.29 is 24.3 Å². The fraction of sp³-hybridized carbons (Fsp3) is 0.200. The predicted molar refractivity (Wildman–Crippen MR) is 59.6 cm³/mol. The molecule has 0 radical (unpaired) electrons. The van der Waals surface area contributed by atoms with Crippen LogP contribution in [0.1, 0.15) is 4.88 Å². The lowest BCUT2D eigenvalue weighted by Gasteiger charge is -2.12. The van der Waals surface area contributed by atoms with E-state index in [1.165, 1.54) is 11.3 Å². The van der Waals surface area contributed by atoms with Gasteiger partial charge in [0.1, 0.15) is 6.54 Å². The molecule has 2 heterocycles. The number of carboxylic acids is 1. The molecule has 1 N–H and O–H groups in total. The number of carbonyl (C=O) groups excluding carboxylic acids is 3. The molecule has 1 aromatic heterocycles. The lowest BCUT2D eigenvalue weighted by Crippen LogP contribution is -2.36. The number of carbonyl (C=O) groups is 4. The Bertz CT molecular complexity index is 524. The number of rotatable bonds is 4. The van der Waals surface area contributed by atoms with Crippen molar-refractivity contribution in [2.45, 2.75) is 6.54 Å². The summed E-state index contributed by atoms with van der Waals surface area (Å²) in [5.74, 6) is -3.43. The number of urea groups is 1. The van der Waals surface area contributed by atoms with Crippen LogP contribution < -0.4 is 0 Å². The van der Waals surface area contributed by atoms with E-state index in [0.29, 0.717) is 4.90 Å². The molecule has 0 bridgehead atoms. The summed E-state index contributed by atoms with van der Waals surface area (Å²) in [5, 5.41) is 10.3. The number of hydrogen-bond acceptors (Lipinski definition) is 5. The van der Waals surface area contributed by atoms with Crippen molar-refractivity contribution in [3.8, 4) is 0 Å². The second-order valence-corrected chi connectivity index (χ2v) is 4.57. The molecule has 94 valence electrons. The van der Waals surface area contributed by atoms with Crippen molar-refractivity contribution >= 4 is 35.2 Å². The van der Waals surface area contributed by atoms with Gasteiger partial charge >= 0.3 is 23.8 Å². The highest BCUT2D eigenvalue weighted by Crippen LogP contribution is 2.18. The molecule has 4 amide bonds. The zero-order valence-electron chi connectivity index (χ0n) is 9.03. The Hall–Kier alpha value is -2.22. The summed E-state index contributed by atoms with van der Waals surface area (Å²) in [5.41, 5.74) is 0. The highest BCUT2D eigenvalue weighted by Gasteiger charge is 2.45. The quantitative estimate of drug-likeness (QED) is 0.618. The lowest BCUT2D eigenvalue weighted by atomic mass is 10.4. The minimum Gasteiger partial charge on any atom is -0.480 e. The summed E-state index contributed by atoms with van der Waals surface area (Å²) in [6.07, 6.45) is 0. The molecule has 0 aromatic carbocycles. The molecule has 8 heteroatoms. The van der Waals surface area contributed by atoms with Gasteiger partial charge in [-0.15, -0.1) is 11.3 Å². The Morgan fingerprint density at radius 3 is 2.44 bits per heavy atom. The maximum absolute atomic E-state index is 11.7. The van der Waals surface area contributed by atoms with Crippen LogP contribution in [-0.4, -0.2) is 45.3 Å². The maximum atomic E-state index is 11.7. The maximum Gasteiger partial charge on any atom is 0.335 e. The van der Waals surface area contributed by atoms with Gasteiger partial charge in [-0.1, -0.05) is 6.07 Å². The minimum absolute atomic E-state index is 0.0167. The van der Waals surface area contributed by atoms with Crippen LogP contribution in [0, 0.1) is 0 Å². The Kier molecular flexibility index (Phi) is 3.11. The van der Waals surface area contributed by atoms with Crippen LogP contribution in [0.5, 0.6) is 0 Å². The number of aliphatic carboxylic acids is 1. The molecule has 2 rings (SSSR count). The SMILES string of the molecule is O=C(O)CN1C(=O)C(=O)N(Cc2cccs2)C1=O. The second-order valence-electron chi connectivity index (χ2n) is 3.54. The van der Waals surface area contributed by atoms with Gasteiger partial charge in [0, 0.05) is 4.88 Å². The molecule has 1 aliphatic rings. The van der Waals surface area contributed by atoms with Gasteiger partial charge in [0.2, 0.25) is 0 Å². The fourth-order valence-corrected chi connectivity index (χ4v) is 2.22. The van der Waals surface area contributed by atoms with Crippen molar-refractivity contribution in [3.63, 3.8) is 0 Å². The fourth-order valence-electron chi connectivity index (χ4n) is 1.52. The van der Waals surface area contributed by atoms with Crippen molar-refractivity contribution in [1.29, 1.82) is 0 Å². The summed E-state index contributed by atoms with van der Waals surface area (Å²) >= 11 is 1.34. The molecule has 0 aliphatic carbocycles. The molecule has 18 heavy (non-hydrogen) atoms. The smallest absolute Gasteiger partial charge is 0.335 e. The number of nitrogens with zero attached hydrogens (tertiary/aromatic N) is 2. The Labute approximate surface area is 105 Å². The van der Waals surface area contributed by atoms with Crippen LogP contribution in [0.4, 0.5) is 4.79 Å². The molecule has 1 aromatic rings. The van der Waals surface area contributed by atoms with Gasteiger partial charge < -0.3 is 5.11 Å². The molecule has 0 atom stereocenters. The zero-order chi connectivity index (χ0) is 13.3. The average molecular weight is 268 g/mol. The van der Waals surface area contributed by atoms with Crippen LogP contribution in [0.25, 0.3) is 0 Å². The van der Waals surface area contributed by atoms with E-state index < -0.39 is 30.4 Å². The largest absolute Gasteiger partial charge is 0.480 e. The van der Waals surface area contributed by atoms with Crippen LogP contribution >= 0.6 is 11.3 Å². The van der Waals surface area contributed by atoms with Crippen molar-refractivity contribution in [3.05, 3.63) is 22.4 Å². The van der Waals surface area contributed by atoms with Gasteiger partial charge in [-0.25, -0.2) is 9.69 Å². The van der Waals surface area contributed by atoms with E-state index in [0.717, 1.165) is 9.78 Å². The molecule has 1 fully saturated rings. The van der Waals surface area contributed by atoms with Crippen LogP contribution in [0.2, 0.25) is 0 Å². The van der Waals surface area contributed by atoms with Gasteiger partial charge in [0.15, 0.2) is 0 Å². The summed E-state index contributed by atoms with van der Waals surface area (Å²) in [6, 6.07) is 2.58. The van der Waals surface area contributed by atoms with Crippen molar-refractivity contribution in [1.82, 2.24) is 9.80 Å². The average Bonchev–Trinajstić information content (AvgIpc) is 2.88. The summed E-state index contributed by atoms with van der Waals surface area (Å²) in [4.78, 5) is 47.2. The van der Waals surface area contributed by atoms with E-state index in [9.17, 15) is 19.2 Å². The molecule has 1 aliphatic heterocycles. The summed E-state index contributed by atoms with van der Waals surface area (Å²) < 4.78 is 0. The van der Waals surface area contributed by atoms with E-state index in [-0.39, 0.29) is 6.54 Å². The Morgan fingerprint density at radius 2 is 1.89 bits per heavy atom. The Balaban J connectivity index is 2.17. The first-order valence-electron chi connectivity index (χ1n) is 4.92. The lowest BCUT2D eigenvalue weighted by molar-refractivity contribution is -0.146. The van der Waals surface area contributed by atoms with Gasteiger partial charge in [0.25, 0.3) is 0 Å². The van der Waals surface area contributed by atoms with E-state index in [1.807, 2.05) is 0 Å². The first-order chi connectivity index (χ1) is 8.50. The molecule has 1 saturated heterocycles.